The first-order valence-corrected chi connectivity index (χ1v) is 6.99. The van der Waals surface area contributed by atoms with Gasteiger partial charge in [0.2, 0.25) is 0 Å². The number of nitrogens with two attached hydrogens (primary N) is 1. The third-order valence-electron chi connectivity index (χ3n) is 2.50. The third kappa shape index (κ3) is 3.45. The van der Waals surface area contributed by atoms with Crippen molar-refractivity contribution in [3.63, 3.8) is 0 Å². The van der Waals surface area contributed by atoms with Gasteiger partial charge in [0, 0.05) is 11.1 Å². The number of nitrogens with one attached hydrogen (secondary N) is 1. The molecular formula is C13H16N4O2S. The van der Waals surface area contributed by atoms with Crippen LogP contribution in [0.2, 0.25) is 0 Å². The summed E-state index contributed by atoms with van der Waals surface area (Å²) in [5.41, 5.74) is 6.43. The van der Waals surface area contributed by atoms with Gasteiger partial charge in [0.1, 0.15) is 11.4 Å². The number of ether oxygens (including phenoxy) is 1. The smallest absolute Gasteiger partial charge is 0.341 e. The van der Waals surface area contributed by atoms with Crippen molar-refractivity contribution in [2.75, 3.05) is 17.7 Å². The highest BCUT2D eigenvalue weighted by molar-refractivity contribution is 7.11. The van der Waals surface area contributed by atoms with Gasteiger partial charge in [0.25, 0.3) is 0 Å². The summed E-state index contributed by atoms with van der Waals surface area (Å²) in [7, 11) is 0. The van der Waals surface area contributed by atoms with E-state index in [-0.39, 0.29) is 0 Å². The van der Waals surface area contributed by atoms with Crippen molar-refractivity contribution in [2.45, 2.75) is 20.4 Å². The Morgan fingerprint density at radius 2 is 2.25 bits per heavy atom. The Bertz CT molecular complexity index is 612. The van der Waals surface area contributed by atoms with Gasteiger partial charge in [-0.1, -0.05) is 0 Å². The fourth-order valence-electron chi connectivity index (χ4n) is 1.64. The van der Waals surface area contributed by atoms with Crippen molar-refractivity contribution in [3.8, 4) is 0 Å². The van der Waals surface area contributed by atoms with Crippen LogP contribution in [0.4, 0.5) is 11.5 Å². The van der Waals surface area contributed by atoms with Crippen LogP contribution in [0.5, 0.6) is 0 Å². The lowest BCUT2D eigenvalue weighted by molar-refractivity contribution is 0.0527. The van der Waals surface area contributed by atoms with E-state index in [1.54, 1.807) is 30.5 Å². The maximum atomic E-state index is 11.9. The zero-order valence-electron chi connectivity index (χ0n) is 11.3. The van der Waals surface area contributed by atoms with E-state index in [2.05, 4.69) is 15.3 Å². The molecule has 2 aromatic heterocycles. The number of carbonyl (C=O) groups is 1. The largest absolute Gasteiger partial charge is 0.462 e. The van der Waals surface area contributed by atoms with Gasteiger partial charge >= 0.3 is 5.97 Å². The number of nitrogens with zero attached hydrogens (tertiary/aromatic N) is 2. The first kappa shape index (κ1) is 14.3. The number of thiazole rings is 1. The van der Waals surface area contributed by atoms with Gasteiger partial charge in [0.05, 0.1) is 30.0 Å². The number of aryl methyl sites for hydroxylation is 1. The number of nitrogen functional groups attached to an aromatic ring is 1. The second-order valence-corrected chi connectivity index (χ2v) is 5.40. The minimum Gasteiger partial charge on any atom is -0.462 e. The number of aromatic nitrogens is 2. The number of rotatable bonds is 5. The Morgan fingerprint density at radius 1 is 1.45 bits per heavy atom. The molecule has 0 bridgehead atoms. The molecule has 20 heavy (non-hydrogen) atoms. The maximum Gasteiger partial charge on any atom is 0.341 e. The summed E-state index contributed by atoms with van der Waals surface area (Å²) in [6, 6.07) is 1.56. The van der Waals surface area contributed by atoms with Crippen LogP contribution in [-0.2, 0) is 11.3 Å². The molecule has 7 heteroatoms. The Morgan fingerprint density at radius 3 is 2.90 bits per heavy atom. The molecule has 2 rings (SSSR count). The molecule has 2 aromatic rings. The summed E-state index contributed by atoms with van der Waals surface area (Å²) in [6.07, 6.45) is 3.30. The van der Waals surface area contributed by atoms with Crippen LogP contribution in [0.15, 0.2) is 18.5 Å². The molecule has 0 aliphatic rings. The summed E-state index contributed by atoms with van der Waals surface area (Å²) >= 11 is 1.59. The van der Waals surface area contributed by atoms with Crippen molar-refractivity contribution < 1.29 is 9.53 Å². The average molecular weight is 292 g/mol. The number of anilines is 2. The molecule has 0 atom stereocenters. The summed E-state index contributed by atoms with van der Waals surface area (Å²) in [4.78, 5) is 21.3. The van der Waals surface area contributed by atoms with Gasteiger partial charge in [-0.2, -0.15) is 0 Å². The van der Waals surface area contributed by atoms with Crippen LogP contribution >= 0.6 is 11.3 Å². The van der Waals surface area contributed by atoms with E-state index in [1.807, 2.05) is 6.92 Å². The van der Waals surface area contributed by atoms with Gasteiger partial charge in [0.15, 0.2) is 0 Å². The normalized spacial score (nSPS) is 10.3. The highest BCUT2D eigenvalue weighted by atomic mass is 32.1. The minimum absolute atomic E-state index is 0.307. The SMILES string of the molecule is CCOC(=O)c1cc(N)cnc1NCc1cnc(C)s1. The van der Waals surface area contributed by atoms with Crippen molar-refractivity contribution in [2.24, 2.45) is 0 Å². The predicted octanol–water partition coefficient (Wildman–Crippen LogP) is 2.22. The molecule has 0 radical (unpaired) electrons. The number of esters is 1. The van der Waals surface area contributed by atoms with Gasteiger partial charge in [-0.25, -0.2) is 14.8 Å². The Kier molecular flexibility index (Phi) is 4.52. The zero-order chi connectivity index (χ0) is 14.5. The van der Waals surface area contributed by atoms with E-state index in [0.29, 0.717) is 30.2 Å². The molecule has 0 aromatic carbocycles. The molecule has 3 N–H and O–H groups in total. The van der Waals surface area contributed by atoms with Crippen LogP contribution in [0.3, 0.4) is 0 Å². The molecule has 0 aliphatic carbocycles. The van der Waals surface area contributed by atoms with Crippen LogP contribution in [-0.4, -0.2) is 22.5 Å². The number of hydrogen-bond acceptors (Lipinski definition) is 7. The van der Waals surface area contributed by atoms with Gasteiger partial charge in [-0.3, -0.25) is 0 Å². The second kappa shape index (κ2) is 6.33. The molecule has 6 nitrogen and oxygen atoms in total. The molecule has 0 saturated carbocycles. The second-order valence-electron chi connectivity index (χ2n) is 4.08. The van der Waals surface area contributed by atoms with Gasteiger partial charge < -0.3 is 15.8 Å². The lowest BCUT2D eigenvalue weighted by atomic mass is 10.2. The van der Waals surface area contributed by atoms with Gasteiger partial charge in [-0.05, 0) is 19.9 Å². The average Bonchev–Trinajstić information content (AvgIpc) is 2.83. The summed E-state index contributed by atoms with van der Waals surface area (Å²) < 4.78 is 5.00. The Balaban J connectivity index is 2.16. The lowest BCUT2D eigenvalue weighted by Crippen LogP contribution is -2.11. The first-order valence-electron chi connectivity index (χ1n) is 6.18. The zero-order valence-corrected chi connectivity index (χ0v) is 12.2. The molecular weight excluding hydrogens is 276 g/mol. The highest BCUT2D eigenvalue weighted by Crippen LogP contribution is 2.19. The molecule has 0 unspecified atom stereocenters. The molecule has 0 aliphatic heterocycles. The van der Waals surface area contributed by atoms with Crippen molar-refractivity contribution in [3.05, 3.63) is 33.9 Å². The fourth-order valence-corrected chi connectivity index (χ4v) is 2.38. The van der Waals surface area contributed by atoms with Gasteiger partial charge in [-0.15, -0.1) is 11.3 Å². The van der Waals surface area contributed by atoms with Crippen LogP contribution < -0.4 is 11.1 Å². The van der Waals surface area contributed by atoms with Crippen LogP contribution in [0.25, 0.3) is 0 Å². The monoisotopic (exact) mass is 292 g/mol. The van der Waals surface area contributed by atoms with E-state index in [0.717, 1.165) is 9.88 Å². The van der Waals surface area contributed by atoms with E-state index >= 15 is 0 Å². The molecule has 0 spiro atoms. The lowest BCUT2D eigenvalue weighted by Gasteiger charge is -2.10. The standard InChI is InChI=1S/C13H16N4O2S/c1-3-19-13(18)11-4-9(14)5-16-12(11)17-7-10-6-15-8(2)20-10/h4-6H,3,7,14H2,1-2H3,(H,16,17). The Labute approximate surface area is 121 Å². The van der Waals surface area contributed by atoms with Crippen molar-refractivity contribution >= 4 is 28.8 Å². The highest BCUT2D eigenvalue weighted by Gasteiger charge is 2.14. The third-order valence-corrected chi connectivity index (χ3v) is 3.42. The quantitative estimate of drug-likeness (QED) is 0.821. The molecule has 0 fully saturated rings. The van der Waals surface area contributed by atoms with E-state index in [9.17, 15) is 4.79 Å². The van der Waals surface area contributed by atoms with Crippen molar-refractivity contribution in [1.29, 1.82) is 0 Å². The van der Waals surface area contributed by atoms with Crippen molar-refractivity contribution in [1.82, 2.24) is 9.97 Å². The number of pyridine rings is 1. The molecule has 106 valence electrons. The van der Waals surface area contributed by atoms with E-state index in [4.69, 9.17) is 10.5 Å². The topological polar surface area (TPSA) is 90.1 Å². The molecule has 2 heterocycles. The maximum absolute atomic E-state index is 11.9. The summed E-state index contributed by atoms with van der Waals surface area (Å²) in [6.45, 7) is 4.56. The summed E-state index contributed by atoms with van der Waals surface area (Å²) in [5, 5.41) is 4.11. The van der Waals surface area contributed by atoms with Crippen LogP contribution in [0, 0.1) is 6.92 Å². The predicted molar refractivity (Wildman–Crippen MR) is 78.8 cm³/mol. The number of carbonyl (C=O) groups excluding carboxylic acids is 1. The molecule has 0 amide bonds. The number of hydrogen-bond donors (Lipinski definition) is 2. The Hall–Kier alpha value is -2.15. The minimum atomic E-state index is -0.435. The van der Waals surface area contributed by atoms with E-state index in [1.165, 1.54) is 6.20 Å². The summed E-state index contributed by atoms with van der Waals surface area (Å²) in [5.74, 6) is 0.0268. The molecule has 0 saturated heterocycles. The van der Waals surface area contributed by atoms with E-state index < -0.39 is 5.97 Å². The fraction of sp³-hybridized carbons (Fsp3) is 0.308. The first-order chi connectivity index (χ1) is 9.60. The van der Waals surface area contributed by atoms with Crippen LogP contribution in [0.1, 0.15) is 27.2 Å².